The van der Waals surface area contributed by atoms with Gasteiger partial charge in [0.1, 0.15) is 5.75 Å². The summed E-state index contributed by atoms with van der Waals surface area (Å²) in [6.45, 7) is 0.769. The highest BCUT2D eigenvalue weighted by molar-refractivity contribution is 7.22. The van der Waals surface area contributed by atoms with Crippen LogP contribution < -0.4 is 10.1 Å². The molecule has 202 valence electrons. The predicted octanol–water partition coefficient (Wildman–Crippen LogP) is 6.15. The largest absolute Gasteiger partial charge is 0.465 e. The maximum absolute atomic E-state index is 14.8. The number of carbonyl (C=O) groups is 2. The summed E-state index contributed by atoms with van der Waals surface area (Å²) in [5.74, 6) is 0.242. The first-order chi connectivity index (χ1) is 18.9. The molecule has 0 unspecified atom stereocenters. The van der Waals surface area contributed by atoms with Gasteiger partial charge in [-0.3, -0.25) is 14.8 Å². The van der Waals surface area contributed by atoms with Crippen LogP contribution in [0.25, 0.3) is 20.8 Å². The molecule has 11 heteroatoms. The van der Waals surface area contributed by atoms with Crippen molar-refractivity contribution in [2.24, 2.45) is 5.92 Å². The molecule has 3 aromatic heterocycles. The number of hydrogen-bond donors (Lipinski definition) is 2. The van der Waals surface area contributed by atoms with Crippen molar-refractivity contribution in [2.45, 2.75) is 25.8 Å². The third-order valence-corrected chi connectivity index (χ3v) is 7.43. The number of pyridine rings is 2. The number of hydrogen-bond acceptors (Lipinski definition) is 7. The molecular weight excluding hydrogens is 523 g/mol. The predicted molar refractivity (Wildman–Crippen MR) is 146 cm³/mol. The molecule has 2 N–H and O–H groups in total. The maximum atomic E-state index is 14.8. The van der Waals surface area contributed by atoms with Crippen molar-refractivity contribution in [1.82, 2.24) is 14.9 Å². The SMILES string of the molecule is COCCN(Cc1ccc(-c2cc3nccc(Oc4ccc(NC(=O)CC5CC5)cc4F)c3s2)nc1)C(=O)O. The van der Waals surface area contributed by atoms with Crippen molar-refractivity contribution in [1.29, 1.82) is 0 Å². The Hall–Kier alpha value is -4.09. The van der Waals surface area contributed by atoms with E-state index < -0.39 is 11.9 Å². The van der Waals surface area contributed by atoms with E-state index in [1.807, 2.05) is 18.2 Å². The summed E-state index contributed by atoms with van der Waals surface area (Å²) in [4.78, 5) is 34.5. The fourth-order valence-electron chi connectivity index (χ4n) is 4.03. The fourth-order valence-corrected chi connectivity index (χ4v) is 5.07. The van der Waals surface area contributed by atoms with E-state index in [1.165, 1.54) is 35.5 Å². The Balaban J connectivity index is 1.30. The quantitative estimate of drug-likeness (QED) is 0.230. The zero-order valence-corrected chi connectivity index (χ0v) is 22.0. The molecule has 4 aromatic rings. The van der Waals surface area contributed by atoms with E-state index in [4.69, 9.17) is 9.47 Å². The number of carbonyl (C=O) groups excluding carboxylic acids is 1. The smallest absolute Gasteiger partial charge is 0.407 e. The second-order valence-corrected chi connectivity index (χ2v) is 10.4. The minimum Gasteiger partial charge on any atom is -0.465 e. The highest BCUT2D eigenvalue weighted by Gasteiger charge is 2.24. The number of ether oxygens (including phenoxy) is 2. The van der Waals surface area contributed by atoms with Gasteiger partial charge >= 0.3 is 6.09 Å². The number of halogens is 1. The topological polar surface area (TPSA) is 114 Å². The van der Waals surface area contributed by atoms with Crippen molar-refractivity contribution in [3.63, 3.8) is 0 Å². The van der Waals surface area contributed by atoms with Crippen LogP contribution >= 0.6 is 11.3 Å². The molecular formula is C28H27FN4O5S. The fraction of sp³-hybridized carbons (Fsp3) is 0.286. The summed E-state index contributed by atoms with van der Waals surface area (Å²) >= 11 is 1.41. The number of benzene rings is 1. The molecule has 0 aliphatic heterocycles. The van der Waals surface area contributed by atoms with Gasteiger partial charge in [-0.15, -0.1) is 11.3 Å². The molecule has 39 heavy (non-hydrogen) atoms. The molecule has 9 nitrogen and oxygen atoms in total. The number of rotatable bonds is 11. The zero-order chi connectivity index (χ0) is 27.4. The lowest BCUT2D eigenvalue weighted by atomic mass is 10.2. The van der Waals surface area contributed by atoms with Gasteiger partial charge in [0.15, 0.2) is 11.6 Å². The van der Waals surface area contributed by atoms with E-state index in [9.17, 15) is 19.1 Å². The van der Waals surface area contributed by atoms with Crippen LogP contribution in [0.5, 0.6) is 11.5 Å². The van der Waals surface area contributed by atoms with Crippen LogP contribution in [0.15, 0.2) is 54.9 Å². The summed E-state index contributed by atoms with van der Waals surface area (Å²) in [6.07, 6.45) is 4.82. The summed E-state index contributed by atoms with van der Waals surface area (Å²) < 4.78 is 26.5. The molecule has 0 atom stereocenters. The molecule has 1 aliphatic rings. The number of methoxy groups -OCH3 is 1. The third kappa shape index (κ3) is 6.68. The summed E-state index contributed by atoms with van der Waals surface area (Å²) in [5, 5.41) is 12.1. The van der Waals surface area contributed by atoms with Gasteiger partial charge < -0.3 is 24.8 Å². The first-order valence-electron chi connectivity index (χ1n) is 12.5. The van der Waals surface area contributed by atoms with E-state index in [1.54, 1.807) is 24.5 Å². The second kappa shape index (κ2) is 11.7. The minimum absolute atomic E-state index is 0.0385. The number of thiophene rings is 1. The normalized spacial score (nSPS) is 12.9. The highest BCUT2D eigenvalue weighted by atomic mass is 32.1. The Labute approximate surface area is 228 Å². The zero-order valence-electron chi connectivity index (χ0n) is 21.2. The number of carboxylic acid groups (broad SMARTS) is 1. The Kier molecular flexibility index (Phi) is 7.99. The van der Waals surface area contributed by atoms with Gasteiger partial charge in [-0.2, -0.15) is 0 Å². The Bertz CT molecular complexity index is 1490. The van der Waals surface area contributed by atoms with Crippen molar-refractivity contribution in [2.75, 3.05) is 25.6 Å². The summed E-state index contributed by atoms with van der Waals surface area (Å²) in [7, 11) is 1.52. The average molecular weight is 551 g/mol. The van der Waals surface area contributed by atoms with E-state index >= 15 is 0 Å². The third-order valence-electron chi connectivity index (χ3n) is 6.27. The number of fused-ring (bicyclic) bond motifs is 1. The number of amides is 2. The number of anilines is 1. The molecule has 0 radical (unpaired) electrons. The number of nitrogens with one attached hydrogen (secondary N) is 1. The molecule has 3 heterocycles. The first-order valence-corrected chi connectivity index (χ1v) is 13.3. The van der Waals surface area contributed by atoms with E-state index in [0.717, 1.165) is 28.0 Å². The van der Waals surface area contributed by atoms with Gasteiger partial charge in [-0.25, -0.2) is 9.18 Å². The van der Waals surface area contributed by atoms with Crippen molar-refractivity contribution in [3.8, 4) is 22.1 Å². The van der Waals surface area contributed by atoms with Gasteiger partial charge in [-0.05, 0) is 48.6 Å². The van der Waals surface area contributed by atoms with Crippen molar-refractivity contribution in [3.05, 3.63) is 66.2 Å². The average Bonchev–Trinajstić information content (AvgIpc) is 3.61. The van der Waals surface area contributed by atoms with Gasteiger partial charge in [0.25, 0.3) is 0 Å². The van der Waals surface area contributed by atoms with Crippen LogP contribution in [0, 0.1) is 11.7 Å². The Morgan fingerprint density at radius 3 is 2.69 bits per heavy atom. The number of aromatic nitrogens is 2. The second-order valence-electron chi connectivity index (χ2n) is 9.33. The van der Waals surface area contributed by atoms with Crippen molar-refractivity contribution >= 4 is 39.2 Å². The lowest BCUT2D eigenvalue weighted by molar-refractivity contribution is -0.116. The van der Waals surface area contributed by atoms with Crippen LogP contribution in [0.4, 0.5) is 14.9 Å². The molecule has 2 amide bonds. The van der Waals surface area contributed by atoms with Gasteiger partial charge in [0.2, 0.25) is 5.91 Å². The van der Waals surface area contributed by atoms with Crippen LogP contribution in [-0.2, 0) is 16.1 Å². The molecule has 1 aliphatic carbocycles. The van der Waals surface area contributed by atoms with Gasteiger partial charge in [0, 0.05) is 50.3 Å². The van der Waals surface area contributed by atoms with Gasteiger partial charge in [0.05, 0.1) is 33.9 Å². The van der Waals surface area contributed by atoms with Gasteiger partial charge in [-0.1, -0.05) is 6.07 Å². The summed E-state index contributed by atoms with van der Waals surface area (Å²) in [6, 6.07) is 11.6. The first kappa shape index (κ1) is 26.5. The van der Waals surface area contributed by atoms with E-state index in [2.05, 4.69) is 15.3 Å². The lowest BCUT2D eigenvalue weighted by Crippen LogP contribution is -2.32. The van der Waals surface area contributed by atoms with Crippen LogP contribution in [0.2, 0.25) is 0 Å². The molecule has 1 saturated carbocycles. The van der Waals surface area contributed by atoms with Crippen LogP contribution in [0.1, 0.15) is 24.8 Å². The highest BCUT2D eigenvalue weighted by Crippen LogP contribution is 2.39. The van der Waals surface area contributed by atoms with E-state index in [-0.39, 0.29) is 24.7 Å². The monoisotopic (exact) mass is 550 g/mol. The number of nitrogens with zero attached hydrogens (tertiary/aromatic N) is 3. The van der Waals surface area contributed by atoms with E-state index in [0.29, 0.717) is 41.6 Å². The summed E-state index contributed by atoms with van der Waals surface area (Å²) in [5.41, 5.74) is 2.52. The Morgan fingerprint density at radius 2 is 2.00 bits per heavy atom. The van der Waals surface area contributed by atoms with Crippen molar-refractivity contribution < 1.29 is 28.6 Å². The molecule has 0 saturated heterocycles. The molecule has 0 bridgehead atoms. The molecule has 1 aromatic carbocycles. The standard InChI is InChI=1S/C28H27FN4O5S/c1-37-11-10-33(28(35)36)16-18-4-6-21(31-15-18)25-14-22-27(39-25)24(8-9-30-22)38-23-7-5-19(13-20(23)29)32-26(34)12-17-2-3-17/h4-9,13-15,17H,2-3,10-12,16H2,1H3,(H,32,34)(H,35,36). The minimum atomic E-state index is -1.02. The van der Waals surface area contributed by atoms with Crippen LogP contribution in [-0.4, -0.2) is 52.2 Å². The lowest BCUT2D eigenvalue weighted by Gasteiger charge is -2.18. The Morgan fingerprint density at radius 1 is 1.15 bits per heavy atom. The molecule has 1 fully saturated rings. The van der Waals surface area contributed by atoms with Crippen LogP contribution in [0.3, 0.4) is 0 Å². The molecule has 0 spiro atoms. The molecule has 5 rings (SSSR count). The maximum Gasteiger partial charge on any atom is 0.407 e.